The van der Waals surface area contributed by atoms with Gasteiger partial charge < -0.3 is 19.5 Å². The lowest BCUT2D eigenvalue weighted by atomic mass is 9.83. The molecular weight excluding hydrogens is 416 g/mol. The summed E-state index contributed by atoms with van der Waals surface area (Å²) in [5.41, 5.74) is 1.19. The van der Waals surface area contributed by atoms with Crippen LogP contribution < -0.4 is 10.1 Å². The van der Waals surface area contributed by atoms with Crippen molar-refractivity contribution in [1.82, 2.24) is 10.2 Å². The van der Waals surface area contributed by atoms with Crippen LogP contribution in [0.4, 0.5) is 8.78 Å². The van der Waals surface area contributed by atoms with Crippen LogP contribution in [0.25, 0.3) is 0 Å². The third-order valence-corrected chi connectivity index (χ3v) is 6.46. The van der Waals surface area contributed by atoms with Crippen LogP contribution in [0.15, 0.2) is 41.8 Å². The van der Waals surface area contributed by atoms with Crippen LogP contribution >= 0.6 is 0 Å². The topological polar surface area (TPSA) is 66.8 Å². The average Bonchev–Trinajstić information content (AvgIpc) is 2.76. The van der Waals surface area contributed by atoms with Crippen LogP contribution in [0.1, 0.15) is 18.9 Å². The number of nitriles is 1. The lowest BCUT2D eigenvalue weighted by Crippen LogP contribution is -2.61. The SMILES string of the molecule is COc1ccc(CN(CCC2OCC3(CNC3)CO2)C2C(C#N)=CC(F)=CC2C)cc1F. The van der Waals surface area contributed by atoms with Crippen molar-refractivity contribution in [2.75, 3.05) is 40.0 Å². The van der Waals surface area contributed by atoms with E-state index in [1.54, 1.807) is 12.1 Å². The molecule has 0 amide bonds. The van der Waals surface area contributed by atoms with Gasteiger partial charge in [-0.15, -0.1) is 0 Å². The minimum absolute atomic E-state index is 0.0910. The second-order valence-electron chi connectivity index (χ2n) is 8.95. The van der Waals surface area contributed by atoms with E-state index in [2.05, 4.69) is 16.3 Å². The summed E-state index contributed by atoms with van der Waals surface area (Å²) >= 11 is 0. The summed E-state index contributed by atoms with van der Waals surface area (Å²) in [5.74, 6) is -0.881. The van der Waals surface area contributed by atoms with Crippen molar-refractivity contribution in [3.63, 3.8) is 0 Å². The molecule has 2 atom stereocenters. The zero-order valence-electron chi connectivity index (χ0n) is 18.4. The lowest BCUT2D eigenvalue weighted by Gasteiger charge is -2.47. The summed E-state index contributed by atoms with van der Waals surface area (Å²) < 4.78 is 45.2. The Labute approximate surface area is 187 Å². The number of rotatable bonds is 7. The van der Waals surface area contributed by atoms with E-state index in [1.807, 2.05) is 6.92 Å². The standard InChI is InChI=1S/C24H29F2N3O3/c1-16-7-19(25)9-18(10-27)23(16)29(11-17-3-4-21(30-2)20(26)8-17)6-5-22-31-14-24(15-32-22)12-28-13-24/h3-4,7-9,16,22-23,28H,5-6,11-15H2,1-2H3. The highest BCUT2D eigenvalue weighted by Gasteiger charge is 2.42. The van der Waals surface area contributed by atoms with Crippen LogP contribution in [0.2, 0.25) is 0 Å². The van der Waals surface area contributed by atoms with E-state index in [0.29, 0.717) is 38.3 Å². The van der Waals surface area contributed by atoms with Gasteiger partial charge in [-0.2, -0.15) is 5.26 Å². The predicted octanol–water partition coefficient (Wildman–Crippen LogP) is 3.31. The van der Waals surface area contributed by atoms with Gasteiger partial charge in [0.25, 0.3) is 0 Å². The molecule has 3 aliphatic rings. The van der Waals surface area contributed by atoms with Gasteiger partial charge in [0.05, 0.1) is 38.0 Å². The van der Waals surface area contributed by atoms with E-state index < -0.39 is 11.6 Å². The average molecular weight is 446 g/mol. The third kappa shape index (κ3) is 4.86. The molecule has 1 N–H and O–H groups in total. The highest BCUT2D eigenvalue weighted by Crippen LogP contribution is 2.32. The summed E-state index contributed by atoms with van der Waals surface area (Å²) in [6, 6.07) is 6.65. The molecule has 4 rings (SSSR count). The summed E-state index contributed by atoms with van der Waals surface area (Å²) in [7, 11) is 1.42. The molecule has 2 fully saturated rings. The quantitative estimate of drug-likeness (QED) is 0.695. The van der Waals surface area contributed by atoms with Crippen molar-refractivity contribution in [3.8, 4) is 11.8 Å². The number of benzene rings is 1. The normalized spacial score (nSPS) is 25.1. The van der Waals surface area contributed by atoms with Crippen molar-refractivity contribution in [1.29, 1.82) is 5.26 Å². The highest BCUT2D eigenvalue weighted by molar-refractivity contribution is 5.39. The summed E-state index contributed by atoms with van der Waals surface area (Å²) in [6.07, 6.45) is 3.06. The Morgan fingerprint density at radius 2 is 2.03 bits per heavy atom. The van der Waals surface area contributed by atoms with E-state index in [1.165, 1.54) is 25.3 Å². The maximum atomic E-state index is 14.3. The van der Waals surface area contributed by atoms with Crippen molar-refractivity contribution < 1.29 is 23.0 Å². The molecule has 1 aromatic rings. The van der Waals surface area contributed by atoms with E-state index in [-0.39, 0.29) is 29.4 Å². The zero-order chi connectivity index (χ0) is 22.7. The Morgan fingerprint density at radius 3 is 2.62 bits per heavy atom. The minimum Gasteiger partial charge on any atom is -0.494 e. The molecule has 0 bridgehead atoms. The van der Waals surface area contributed by atoms with Crippen LogP contribution in [0, 0.1) is 28.5 Å². The van der Waals surface area contributed by atoms with Gasteiger partial charge in [-0.3, -0.25) is 4.90 Å². The van der Waals surface area contributed by atoms with Crippen LogP contribution in [-0.4, -0.2) is 57.2 Å². The molecule has 2 saturated heterocycles. The van der Waals surface area contributed by atoms with Gasteiger partial charge in [0.1, 0.15) is 5.83 Å². The highest BCUT2D eigenvalue weighted by atomic mass is 19.1. The van der Waals surface area contributed by atoms with Crippen molar-refractivity contribution in [2.45, 2.75) is 32.2 Å². The first-order valence-corrected chi connectivity index (χ1v) is 10.9. The van der Waals surface area contributed by atoms with Gasteiger partial charge in [-0.1, -0.05) is 13.0 Å². The number of allylic oxidation sites excluding steroid dienone is 2. The molecule has 1 aromatic carbocycles. The molecule has 8 heteroatoms. The van der Waals surface area contributed by atoms with Gasteiger partial charge in [-0.25, -0.2) is 8.78 Å². The van der Waals surface area contributed by atoms with Gasteiger partial charge in [-0.05, 0) is 35.8 Å². The van der Waals surface area contributed by atoms with Gasteiger partial charge in [0.15, 0.2) is 17.9 Å². The molecule has 172 valence electrons. The summed E-state index contributed by atoms with van der Waals surface area (Å²) in [6.45, 7) is 5.96. The number of nitrogens with zero attached hydrogens (tertiary/aromatic N) is 2. The number of hydrogen-bond donors (Lipinski definition) is 1. The fraction of sp³-hybridized carbons (Fsp3) is 0.542. The minimum atomic E-state index is -0.443. The lowest BCUT2D eigenvalue weighted by molar-refractivity contribution is -0.242. The largest absolute Gasteiger partial charge is 0.494 e. The summed E-state index contributed by atoms with van der Waals surface area (Å²) in [4.78, 5) is 2.08. The maximum absolute atomic E-state index is 14.3. The molecule has 1 aliphatic carbocycles. The number of halogens is 2. The van der Waals surface area contributed by atoms with Crippen molar-refractivity contribution >= 4 is 0 Å². The monoisotopic (exact) mass is 445 g/mol. The Balaban J connectivity index is 1.49. The second kappa shape index (κ2) is 9.67. The van der Waals surface area contributed by atoms with E-state index >= 15 is 0 Å². The van der Waals surface area contributed by atoms with Crippen LogP contribution in [0.5, 0.6) is 5.75 Å². The Hall–Kier alpha value is -2.31. The number of methoxy groups -OCH3 is 1. The Morgan fingerprint density at radius 1 is 1.28 bits per heavy atom. The molecule has 2 aliphatic heterocycles. The molecule has 0 saturated carbocycles. The molecule has 0 radical (unpaired) electrons. The van der Waals surface area contributed by atoms with Crippen LogP contribution in [0.3, 0.4) is 0 Å². The first-order chi connectivity index (χ1) is 15.4. The van der Waals surface area contributed by atoms with E-state index in [9.17, 15) is 14.0 Å². The molecule has 32 heavy (non-hydrogen) atoms. The zero-order valence-corrected chi connectivity index (χ0v) is 18.4. The van der Waals surface area contributed by atoms with Gasteiger partial charge in [0, 0.05) is 38.0 Å². The smallest absolute Gasteiger partial charge is 0.165 e. The molecule has 6 nitrogen and oxygen atoms in total. The molecule has 2 unspecified atom stereocenters. The predicted molar refractivity (Wildman–Crippen MR) is 115 cm³/mol. The fourth-order valence-electron chi connectivity index (χ4n) is 4.64. The third-order valence-electron chi connectivity index (χ3n) is 6.46. The van der Waals surface area contributed by atoms with E-state index in [0.717, 1.165) is 18.7 Å². The fourth-order valence-corrected chi connectivity index (χ4v) is 4.64. The number of hydrogen-bond acceptors (Lipinski definition) is 6. The van der Waals surface area contributed by atoms with Gasteiger partial charge >= 0.3 is 0 Å². The first-order valence-electron chi connectivity index (χ1n) is 10.9. The van der Waals surface area contributed by atoms with Gasteiger partial charge in [0.2, 0.25) is 0 Å². The maximum Gasteiger partial charge on any atom is 0.165 e. The van der Waals surface area contributed by atoms with Crippen molar-refractivity contribution in [2.24, 2.45) is 11.3 Å². The van der Waals surface area contributed by atoms with E-state index in [4.69, 9.17) is 14.2 Å². The summed E-state index contributed by atoms with van der Waals surface area (Å²) in [5, 5.41) is 12.9. The number of ether oxygens (including phenoxy) is 3. The van der Waals surface area contributed by atoms with Crippen molar-refractivity contribution in [3.05, 3.63) is 53.1 Å². The number of nitrogens with one attached hydrogen (secondary N) is 1. The van der Waals surface area contributed by atoms with Crippen LogP contribution in [-0.2, 0) is 16.0 Å². The molecule has 2 heterocycles. The molecule has 0 aromatic heterocycles. The Bertz CT molecular complexity index is 929. The molecule has 1 spiro atoms. The Kier molecular flexibility index (Phi) is 6.91. The first kappa shape index (κ1) is 22.9. The second-order valence-corrected chi connectivity index (χ2v) is 8.95. The molecular formula is C24H29F2N3O3.